The van der Waals surface area contributed by atoms with Crippen LogP contribution in [-0.4, -0.2) is 30.1 Å². The first-order valence-electron chi connectivity index (χ1n) is 6.20. The minimum atomic E-state index is -4.34. The van der Waals surface area contributed by atoms with Crippen LogP contribution in [0.3, 0.4) is 0 Å². The molecule has 1 fully saturated rings. The van der Waals surface area contributed by atoms with Crippen LogP contribution in [0.4, 0.5) is 17.6 Å². The zero-order valence-corrected chi connectivity index (χ0v) is 13.0. The van der Waals surface area contributed by atoms with Gasteiger partial charge in [0.1, 0.15) is 5.82 Å². The van der Waals surface area contributed by atoms with E-state index in [1.54, 1.807) is 0 Å². The third-order valence-electron chi connectivity index (χ3n) is 3.39. The smallest absolute Gasteiger partial charge is 0.338 e. The highest BCUT2D eigenvalue weighted by Crippen LogP contribution is 2.35. The van der Waals surface area contributed by atoms with Gasteiger partial charge in [-0.25, -0.2) is 4.39 Å². The largest absolute Gasteiger partial charge is 0.393 e. The number of carbonyl (C=O) groups excluding carboxylic acids is 1. The summed E-state index contributed by atoms with van der Waals surface area (Å²) in [4.78, 5) is 13.4. The molecule has 1 heterocycles. The average Bonchev–Trinajstić information content (AvgIpc) is 2.41. The van der Waals surface area contributed by atoms with Crippen molar-refractivity contribution in [3.05, 3.63) is 33.0 Å². The molecule has 1 aliphatic rings. The summed E-state index contributed by atoms with van der Waals surface area (Å²) in [6, 6.07) is 2.03. The number of rotatable bonds is 1. The van der Waals surface area contributed by atoms with Gasteiger partial charge in [0.2, 0.25) is 0 Å². The Morgan fingerprint density at radius 3 is 2.67 bits per heavy atom. The number of likely N-dealkylation sites (tertiary alicyclic amines) is 1. The second-order valence-electron chi connectivity index (χ2n) is 4.88. The maximum absolute atomic E-state index is 13.4. The molecule has 1 amide bonds. The predicted molar refractivity (Wildman–Crippen MR) is 73.8 cm³/mol. The van der Waals surface area contributed by atoms with Gasteiger partial charge < -0.3 is 4.90 Å². The van der Waals surface area contributed by atoms with Crippen LogP contribution in [0, 0.1) is 11.7 Å². The van der Waals surface area contributed by atoms with Crippen LogP contribution >= 0.6 is 27.5 Å². The lowest BCUT2D eigenvalue weighted by Crippen LogP contribution is -2.44. The minimum absolute atomic E-state index is 0.00414. The molecule has 0 N–H and O–H groups in total. The van der Waals surface area contributed by atoms with Gasteiger partial charge in [-0.05, 0) is 40.9 Å². The molecule has 0 aliphatic carbocycles. The molecule has 1 atom stereocenters. The van der Waals surface area contributed by atoms with Crippen molar-refractivity contribution in [2.45, 2.75) is 19.0 Å². The van der Waals surface area contributed by atoms with E-state index in [1.807, 2.05) is 0 Å². The molecular formula is C13H11BrClF4NO. The maximum Gasteiger partial charge on any atom is 0.393 e. The molecule has 0 saturated carbocycles. The number of hydrogen-bond acceptors (Lipinski definition) is 1. The Bertz CT molecular complexity index is 564. The van der Waals surface area contributed by atoms with Crippen molar-refractivity contribution >= 4 is 33.4 Å². The Hall–Kier alpha value is -0.820. The van der Waals surface area contributed by atoms with Crippen molar-refractivity contribution in [1.29, 1.82) is 0 Å². The lowest BCUT2D eigenvalue weighted by atomic mass is 9.97. The van der Waals surface area contributed by atoms with Gasteiger partial charge in [0, 0.05) is 17.6 Å². The van der Waals surface area contributed by atoms with Gasteiger partial charge in [-0.1, -0.05) is 11.6 Å². The molecule has 0 bridgehead atoms. The van der Waals surface area contributed by atoms with Crippen molar-refractivity contribution in [1.82, 2.24) is 4.90 Å². The molecule has 1 unspecified atom stereocenters. The molecule has 116 valence electrons. The predicted octanol–water partition coefficient (Wildman–Crippen LogP) is 4.66. The van der Waals surface area contributed by atoms with E-state index in [1.165, 1.54) is 0 Å². The fraction of sp³-hybridized carbons (Fsp3) is 0.462. The second-order valence-corrected chi connectivity index (χ2v) is 6.11. The molecule has 21 heavy (non-hydrogen) atoms. The number of nitrogens with zero attached hydrogens (tertiary/aromatic N) is 1. The van der Waals surface area contributed by atoms with E-state index in [0.29, 0.717) is 0 Å². The standard InChI is InChI=1S/C13H11BrClF4NO/c14-10-5-8(16)4-9(11(10)15)12(21)20-3-1-2-7(6-20)13(17,18)19/h4-5,7H,1-3,6H2. The summed E-state index contributed by atoms with van der Waals surface area (Å²) in [5.74, 6) is -2.92. The first kappa shape index (κ1) is 16.5. The Kier molecular flexibility index (Phi) is 4.82. The molecule has 1 aromatic rings. The average molecular weight is 389 g/mol. The molecule has 0 aromatic heterocycles. The summed E-state index contributed by atoms with van der Waals surface area (Å²) < 4.78 is 51.8. The van der Waals surface area contributed by atoms with Crippen LogP contribution in [0.2, 0.25) is 5.02 Å². The van der Waals surface area contributed by atoms with Crippen molar-refractivity contribution in [2.24, 2.45) is 5.92 Å². The number of benzene rings is 1. The molecule has 2 nitrogen and oxygen atoms in total. The van der Waals surface area contributed by atoms with Crippen molar-refractivity contribution < 1.29 is 22.4 Å². The Balaban J connectivity index is 2.24. The number of amides is 1. The second kappa shape index (κ2) is 6.12. The first-order valence-corrected chi connectivity index (χ1v) is 7.37. The van der Waals surface area contributed by atoms with E-state index in [-0.39, 0.29) is 34.4 Å². The zero-order chi connectivity index (χ0) is 15.8. The van der Waals surface area contributed by atoms with E-state index in [9.17, 15) is 22.4 Å². The molecule has 1 aliphatic heterocycles. The van der Waals surface area contributed by atoms with Gasteiger partial charge in [-0.3, -0.25) is 4.79 Å². The molecule has 2 rings (SSSR count). The van der Waals surface area contributed by atoms with Gasteiger partial charge in [-0.15, -0.1) is 0 Å². The first-order chi connectivity index (χ1) is 9.70. The van der Waals surface area contributed by atoms with Gasteiger partial charge >= 0.3 is 6.18 Å². The van der Waals surface area contributed by atoms with Crippen molar-refractivity contribution in [3.63, 3.8) is 0 Å². The van der Waals surface area contributed by atoms with Gasteiger partial charge in [-0.2, -0.15) is 13.2 Å². The highest BCUT2D eigenvalue weighted by molar-refractivity contribution is 9.10. The Morgan fingerprint density at radius 1 is 1.38 bits per heavy atom. The number of piperidine rings is 1. The van der Waals surface area contributed by atoms with Crippen LogP contribution in [-0.2, 0) is 0 Å². The highest BCUT2D eigenvalue weighted by Gasteiger charge is 2.43. The van der Waals surface area contributed by atoms with Crippen LogP contribution in [0.1, 0.15) is 23.2 Å². The summed E-state index contributed by atoms with van der Waals surface area (Å²) in [5.41, 5.74) is -0.133. The van der Waals surface area contributed by atoms with E-state index in [4.69, 9.17) is 11.6 Å². The SMILES string of the molecule is O=C(c1cc(F)cc(Br)c1Cl)N1CCCC(C(F)(F)F)C1. The topological polar surface area (TPSA) is 20.3 Å². The summed E-state index contributed by atoms with van der Waals surface area (Å²) in [5, 5.41) is -0.00414. The third kappa shape index (κ3) is 3.69. The molecular weight excluding hydrogens is 377 g/mol. The summed E-state index contributed by atoms with van der Waals surface area (Å²) in [6.07, 6.45) is -4.09. The monoisotopic (exact) mass is 387 g/mol. The number of halogens is 6. The molecule has 8 heteroatoms. The maximum atomic E-state index is 13.4. The zero-order valence-electron chi connectivity index (χ0n) is 10.7. The quantitative estimate of drug-likeness (QED) is 0.506. The number of hydrogen-bond donors (Lipinski definition) is 0. The van der Waals surface area contributed by atoms with E-state index in [0.717, 1.165) is 17.0 Å². The molecule has 0 spiro atoms. The molecule has 0 radical (unpaired) electrons. The van der Waals surface area contributed by atoms with Crippen LogP contribution in [0.15, 0.2) is 16.6 Å². The minimum Gasteiger partial charge on any atom is -0.338 e. The van der Waals surface area contributed by atoms with Gasteiger partial charge in [0.05, 0.1) is 16.5 Å². The highest BCUT2D eigenvalue weighted by atomic mass is 79.9. The van der Waals surface area contributed by atoms with E-state index in [2.05, 4.69) is 15.9 Å². The fourth-order valence-corrected chi connectivity index (χ4v) is 2.93. The summed E-state index contributed by atoms with van der Waals surface area (Å²) in [7, 11) is 0. The van der Waals surface area contributed by atoms with Gasteiger partial charge in [0.15, 0.2) is 0 Å². The fourth-order valence-electron chi connectivity index (χ4n) is 2.31. The normalized spacial score (nSPS) is 19.7. The third-order valence-corrected chi connectivity index (χ3v) is 4.66. The Morgan fingerprint density at radius 2 is 2.05 bits per heavy atom. The summed E-state index contributed by atoms with van der Waals surface area (Å²) >= 11 is 8.93. The summed E-state index contributed by atoms with van der Waals surface area (Å²) in [6.45, 7) is -0.220. The number of alkyl halides is 3. The van der Waals surface area contributed by atoms with Crippen molar-refractivity contribution in [3.8, 4) is 0 Å². The Labute approximate surface area is 132 Å². The van der Waals surface area contributed by atoms with Gasteiger partial charge in [0.25, 0.3) is 5.91 Å². The number of carbonyl (C=O) groups is 1. The van der Waals surface area contributed by atoms with Crippen LogP contribution in [0.25, 0.3) is 0 Å². The molecule has 1 aromatic carbocycles. The van der Waals surface area contributed by atoms with Crippen LogP contribution < -0.4 is 0 Å². The lowest BCUT2D eigenvalue weighted by Gasteiger charge is -2.34. The van der Waals surface area contributed by atoms with E-state index < -0.39 is 30.4 Å². The van der Waals surface area contributed by atoms with E-state index >= 15 is 0 Å². The lowest BCUT2D eigenvalue weighted by molar-refractivity contribution is -0.184. The van der Waals surface area contributed by atoms with Crippen molar-refractivity contribution in [2.75, 3.05) is 13.1 Å². The van der Waals surface area contributed by atoms with Crippen LogP contribution in [0.5, 0.6) is 0 Å². The molecule has 1 saturated heterocycles.